The maximum absolute atomic E-state index is 13.4. The van der Waals surface area contributed by atoms with Gasteiger partial charge in [-0.3, -0.25) is 9.69 Å². The van der Waals surface area contributed by atoms with E-state index in [2.05, 4.69) is 4.90 Å². The van der Waals surface area contributed by atoms with Crippen molar-refractivity contribution in [1.29, 1.82) is 0 Å². The Morgan fingerprint density at radius 2 is 1.60 bits per heavy atom. The number of benzene rings is 1. The summed E-state index contributed by atoms with van der Waals surface area (Å²) in [6, 6.07) is 6.11. The van der Waals surface area contributed by atoms with Crippen LogP contribution in [0.15, 0.2) is 47.0 Å². The summed E-state index contributed by atoms with van der Waals surface area (Å²) in [5.74, 6) is -4.59. The Labute approximate surface area is 281 Å². The summed E-state index contributed by atoms with van der Waals surface area (Å²) in [6.45, 7) is 7.22. The van der Waals surface area contributed by atoms with Crippen molar-refractivity contribution < 1.29 is 57.9 Å². The number of fused-ring (bicyclic) bond motifs is 1. The molecule has 15 heteroatoms. The Morgan fingerprint density at radius 1 is 1.00 bits per heavy atom. The quantitative estimate of drug-likeness (QED) is 0.132. The van der Waals surface area contributed by atoms with Crippen molar-refractivity contribution in [1.82, 2.24) is 9.80 Å². The van der Waals surface area contributed by atoms with Crippen LogP contribution >= 0.6 is 11.8 Å². The van der Waals surface area contributed by atoms with Crippen molar-refractivity contribution in [3.63, 3.8) is 0 Å². The smallest absolute Gasteiger partial charge is 0.478 e. The van der Waals surface area contributed by atoms with E-state index in [1.165, 1.54) is 24.0 Å². The molecule has 2 saturated heterocycles. The van der Waals surface area contributed by atoms with Gasteiger partial charge in [0.15, 0.2) is 0 Å². The molecule has 0 aromatic heterocycles. The topological polar surface area (TPSA) is 180 Å². The zero-order valence-corrected chi connectivity index (χ0v) is 27.8. The van der Waals surface area contributed by atoms with Crippen LogP contribution in [0.3, 0.4) is 0 Å². The highest BCUT2D eigenvalue weighted by Gasteiger charge is 2.60. The lowest BCUT2D eigenvalue weighted by Gasteiger charge is -2.46. The Balaban J connectivity index is 0.000000579. The zero-order chi connectivity index (χ0) is 35.1. The molecule has 1 aliphatic carbocycles. The monoisotopic (exact) mass is 692 g/mol. The van der Waals surface area contributed by atoms with Gasteiger partial charge in [-0.25, -0.2) is 23.6 Å². The number of hydrogen-bond donors (Lipinski definition) is 3. The molecule has 13 nitrogen and oxygen atoms in total. The van der Waals surface area contributed by atoms with Crippen LogP contribution < -0.4 is 0 Å². The van der Waals surface area contributed by atoms with Gasteiger partial charge >= 0.3 is 24.1 Å². The van der Waals surface area contributed by atoms with Gasteiger partial charge in [0, 0.05) is 54.8 Å². The van der Waals surface area contributed by atoms with Crippen LogP contribution in [0.4, 0.5) is 9.18 Å². The summed E-state index contributed by atoms with van der Waals surface area (Å²) >= 11 is 1.55. The second kappa shape index (κ2) is 16.4. The van der Waals surface area contributed by atoms with Crippen molar-refractivity contribution in [2.75, 3.05) is 13.1 Å². The van der Waals surface area contributed by atoms with Crippen LogP contribution in [0.25, 0.3) is 0 Å². The molecule has 0 radical (unpaired) electrons. The third kappa shape index (κ3) is 9.35. The molecule has 1 amide bonds. The molecule has 262 valence electrons. The van der Waals surface area contributed by atoms with E-state index in [0.29, 0.717) is 18.7 Å². The molecule has 1 unspecified atom stereocenters. The number of esters is 1. The summed E-state index contributed by atoms with van der Waals surface area (Å²) in [4.78, 5) is 62.2. The van der Waals surface area contributed by atoms with E-state index in [1.807, 2.05) is 6.92 Å². The van der Waals surface area contributed by atoms with Gasteiger partial charge in [0.2, 0.25) is 12.2 Å². The van der Waals surface area contributed by atoms with Gasteiger partial charge in [0.05, 0.1) is 18.1 Å². The van der Waals surface area contributed by atoms with Gasteiger partial charge in [-0.05, 0) is 50.3 Å². The van der Waals surface area contributed by atoms with Crippen LogP contribution in [0, 0.1) is 17.7 Å². The largest absolute Gasteiger partial charge is 0.511 e. The summed E-state index contributed by atoms with van der Waals surface area (Å²) in [5.41, 5.74) is 1.19. The number of rotatable bonds is 11. The fraction of sp³-hybridized carbons (Fsp3) is 0.545. The first-order valence-electron chi connectivity index (χ1n) is 15.9. The predicted octanol–water partition coefficient (Wildman–Crippen LogP) is 3.90. The minimum atomic E-state index is -1.26. The Morgan fingerprint density at radius 3 is 2.17 bits per heavy atom. The highest BCUT2D eigenvalue weighted by Crippen LogP contribution is 2.52. The lowest BCUT2D eigenvalue weighted by atomic mass is 9.79. The van der Waals surface area contributed by atoms with Gasteiger partial charge in [0.1, 0.15) is 17.6 Å². The van der Waals surface area contributed by atoms with Gasteiger partial charge in [-0.2, -0.15) is 0 Å². The number of ether oxygens (including phenoxy) is 3. The Hall–Kier alpha value is -3.95. The molecule has 3 aliphatic heterocycles. The summed E-state index contributed by atoms with van der Waals surface area (Å²) in [6.07, 6.45) is 2.71. The fourth-order valence-corrected chi connectivity index (χ4v) is 7.86. The van der Waals surface area contributed by atoms with Gasteiger partial charge < -0.3 is 34.4 Å². The third-order valence-corrected chi connectivity index (χ3v) is 10.0. The van der Waals surface area contributed by atoms with E-state index in [4.69, 9.17) is 24.4 Å². The van der Waals surface area contributed by atoms with Crippen LogP contribution in [0.2, 0.25) is 0 Å². The Bertz CT molecular complexity index is 1400. The van der Waals surface area contributed by atoms with Crippen LogP contribution in [-0.2, 0) is 39.9 Å². The molecule has 3 heterocycles. The highest BCUT2D eigenvalue weighted by molar-refractivity contribution is 8.03. The summed E-state index contributed by atoms with van der Waals surface area (Å²) in [7, 11) is 0. The highest BCUT2D eigenvalue weighted by atomic mass is 32.2. The number of carbonyl (C=O) groups is 5. The summed E-state index contributed by atoms with van der Waals surface area (Å²) in [5, 5.41) is 26.1. The molecule has 3 N–H and O–H groups in total. The molecule has 5 atom stereocenters. The van der Waals surface area contributed by atoms with Gasteiger partial charge in [-0.1, -0.05) is 25.5 Å². The number of nitrogens with zero attached hydrogens (tertiary/aromatic N) is 2. The van der Waals surface area contributed by atoms with Crippen molar-refractivity contribution in [2.45, 2.75) is 89.2 Å². The molecule has 5 rings (SSSR count). The molecule has 1 aromatic rings. The van der Waals surface area contributed by atoms with Crippen LogP contribution in [0.1, 0.15) is 58.4 Å². The maximum Gasteiger partial charge on any atom is 0.511 e. The predicted molar refractivity (Wildman–Crippen MR) is 169 cm³/mol. The minimum Gasteiger partial charge on any atom is -0.478 e. The molecular weight excluding hydrogens is 651 g/mol. The molecule has 0 spiro atoms. The van der Waals surface area contributed by atoms with E-state index in [-0.39, 0.29) is 40.7 Å². The number of carboxylic acid groups (broad SMARTS) is 2. The van der Waals surface area contributed by atoms with E-state index in [1.54, 1.807) is 30.8 Å². The van der Waals surface area contributed by atoms with E-state index >= 15 is 0 Å². The van der Waals surface area contributed by atoms with E-state index < -0.39 is 42.4 Å². The first kappa shape index (κ1) is 36.9. The number of aliphatic carboxylic acids is 2. The van der Waals surface area contributed by atoms with Crippen molar-refractivity contribution in [2.24, 2.45) is 11.8 Å². The molecule has 1 aromatic carbocycles. The Kier molecular flexibility index (Phi) is 12.6. The first-order chi connectivity index (χ1) is 22.7. The first-order valence-corrected chi connectivity index (χ1v) is 16.7. The molecule has 4 aliphatic rings. The second-order valence-corrected chi connectivity index (χ2v) is 13.6. The average molecular weight is 693 g/mol. The molecular formula is C33H41FN2O11S. The number of carboxylic acids is 2. The van der Waals surface area contributed by atoms with Gasteiger partial charge in [-0.15, -0.1) is 11.8 Å². The van der Waals surface area contributed by atoms with Crippen LogP contribution in [-0.4, -0.2) is 98.0 Å². The number of amides is 1. The standard InChI is InChI=1S/C29H37FN2O7S.C4H4O4/c1-16-24-23(17(2)33)27(34)32(24)25(28(35)37-18(3)38-29(36)39-21-7-5-4-6-8-21)26(16)40-22-14-31(15-22)13-19-9-11-20(30)12-10-19;5-3(6)1-2-4(7)8/h9-12,16-18,21-24,33H,4-8,13-15H2,1-3H3;1-2H,(H,5,6)(H,7,8)/b;2-1+/t16-,17-,18?,23-,24-;/m1./s1. The number of carbonyl (C=O) groups excluding carboxylic acids is 3. The number of halogens is 1. The van der Waals surface area contributed by atoms with E-state index in [9.17, 15) is 33.5 Å². The van der Waals surface area contributed by atoms with E-state index in [0.717, 1.165) is 55.7 Å². The number of aliphatic hydroxyl groups is 1. The number of hydrogen-bond acceptors (Lipinski definition) is 11. The van der Waals surface area contributed by atoms with Crippen molar-refractivity contribution >= 4 is 41.7 Å². The lowest BCUT2D eigenvalue weighted by molar-refractivity contribution is -0.174. The van der Waals surface area contributed by atoms with Crippen molar-refractivity contribution in [3.05, 3.63) is 58.4 Å². The number of β-lactam (4-membered cyclic amide) rings is 1. The SMILES string of the molecule is CC(OC(=O)OC1CCCCC1)OC(=O)C1=C(SC2CN(Cc3ccc(F)cc3)C2)[C@H](C)[C@@H]2[C@@H]([C@@H](C)O)C(=O)N12.O=C(O)/C=C/C(=O)O. The number of thioether (sulfide) groups is 1. The normalized spacial score (nSPS) is 24.1. The van der Waals surface area contributed by atoms with Crippen LogP contribution in [0.5, 0.6) is 0 Å². The minimum absolute atomic E-state index is 0.163. The lowest BCUT2D eigenvalue weighted by Crippen LogP contribution is -2.63. The molecule has 48 heavy (non-hydrogen) atoms. The molecule has 3 fully saturated rings. The maximum atomic E-state index is 13.4. The third-order valence-electron chi connectivity index (χ3n) is 8.56. The molecule has 0 bridgehead atoms. The zero-order valence-electron chi connectivity index (χ0n) is 27.0. The van der Waals surface area contributed by atoms with Gasteiger partial charge in [0.25, 0.3) is 0 Å². The molecule has 1 saturated carbocycles. The summed E-state index contributed by atoms with van der Waals surface area (Å²) < 4.78 is 29.3. The number of aliphatic hydroxyl groups excluding tert-OH is 1. The second-order valence-electron chi connectivity index (χ2n) is 12.3. The fourth-order valence-electron chi connectivity index (χ4n) is 6.28. The van der Waals surface area contributed by atoms with Crippen molar-refractivity contribution in [3.8, 4) is 0 Å². The number of likely N-dealkylation sites (tertiary alicyclic amines) is 1. The average Bonchev–Trinajstić information content (AvgIpc) is 3.23.